The first-order valence-electron chi connectivity index (χ1n) is 4.50. The summed E-state index contributed by atoms with van der Waals surface area (Å²) in [5.74, 6) is -2.46. The van der Waals surface area contributed by atoms with Crippen LogP contribution in [0.2, 0.25) is 0 Å². The number of hydrogen-bond donors (Lipinski definition) is 4. The van der Waals surface area contributed by atoms with Crippen molar-refractivity contribution < 1.29 is 19.8 Å². The van der Waals surface area contributed by atoms with Gasteiger partial charge in [0.25, 0.3) is 0 Å². The lowest BCUT2D eigenvalue weighted by atomic mass is 10.1. The van der Waals surface area contributed by atoms with Gasteiger partial charge in [-0.2, -0.15) is 0 Å². The van der Waals surface area contributed by atoms with Gasteiger partial charge in [-0.1, -0.05) is 12.1 Å². The largest absolute Gasteiger partial charge is 0.478 e. The highest BCUT2D eigenvalue weighted by molar-refractivity contribution is 6.01. The van der Waals surface area contributed by atoms with Gasteiger partial charge in [-0.05, 0) is 12.1 Å². The Hall–Kier alpha value is -1.92. The summed E-state index contributed by atoms with van der Waals surface area (Å²) in [7, 11) is 0. The Morgan fingerprint density at radius 1 is 0.938 bits per heavy atom. The van der Waals surface area contributed by atoms with Crippen LogP contribution in [0.15, 0.2) is 24.3 Å². The van der Waals surface area contributed by atoms with Gasteiger partial charge in [0.2, 0.25) is 0 Å². The fraction of sp³-hybridized carbons (Fsp3) is 0.200. The summed E-state index contributed by atoms with van der Waals surface area (Å²) in [5.41, 5.74) is 9.43. The zero-order chi connectivity index (χ0) is 12.6. The third-order valence-corrected chi connectivity index (χ3v) is 1.55. The highest BCUT2D eigenvalue weighted by Crippen LogP contribution is 2.07. The number of carboxylic acid groups (broad SMARTS) is 2. The summed E-state index contributed by atoms with van der Waals surface area (Å²) in [5, 5.41) is 17.1. The van der Waals surface area contributed by atoms with Crippen molar-refractivity contribution in [3.05, 3.63) is 35.4 Å². The summed E-state index contributed by atoms with van der Waals surface area (Å²) in [6.45, 7) is 1.19. The van der Waals surface area contributed by atoms with Gasteiger partial charge < -0.3 is 21.7 Å². The minimum absolute atomic E-state index is 0.190. The molecule has 16 heavy (non-hydrogen) atoms. The van der Waals surface area contributed by atoms with Gasteiger partial charge in [0.1, 0.15) is 0 Å². The first kappa shape index (κ1) is 14.1. The van der Waals surface area contributed by atoms with Crippen LogP contribution in [0.5, 0.6) is 0 Å². The van der Waals surface area contributed by atoms with E-state index in [4.69, 9.17) is 21.7 Å². The lowest BCUT2D eigenvalue weighted by Crippen LogP contribution is -2.11. The number of hydrogen-bond acceptors (Lipinski definition) is 4. The third-order valence-electron chi connectivity index (χ3n) is 1.55. The van der Waals surface area contributed by atoms with Gasteiger partial charge in [-0.25, -0.2) is 9.59 Å². The van der Waals surface area contributed by atoms with Gasteiger partial charge in [-0.15, -0.1) is 0 Å². The minimum atomic E-state index is -1.23. The average Bonchev–Trinajstić information content (AvgIpc) is 2.29. The summed E-state index contributed by atoms with van der Waals surface area (Å²) in [6.07, 6.45) is 0. The molecule has 1 aromatic carbocycles. The van der Waals surface area contributed by atoms with Crippen molar-refractivity contribution in [1.82, 2.24) is 0 Å². The molecule has 0 aliphatic rings. The molecule has 6 N–H and O–H groups in total. The van der Waals surface area contributed by atoms with Crippen molar-refractivity contribution in [1.29, 1.82) is 0 Å². The van der Waals surface area contributed by atoms with Gasteiger partial charge in [-0.3, -0.25) is 0 Å². The second kappa shape index (κ2) is 7.38. The Morgan fingerprint density at radius 3 is 1.44 bits per heavy atom. The van der Waals surface area contributed by atoms with E-state index in [1.54, 1.807) is 0 Å². The van der Waals surface area contributed by atoms with E-state index in [1.807, 2.05) is 0 Å². The molecule has 0 aliphatic heterocycles. The molecule has 0 unspecified atom stereocenters. The molecule has 6 heteroatoms. The van der Waals surface area contributed by atoms with Crippen LogP contribution in [-0.4, -0.2) is 35.2 Å². The molecule has 0 aromatic heterocycles. The topological polar surface area (TPSA) is 127 Å². The number of rotatable bonds is 3. The van der Waals surface area contributed by atoms with E-state index in [0.717, 1.165) is 0 Å². The molecule has 88 valence electrons. The smallest absolute Gasteiger partial charge is 0.336 e. The maximum absolute atomic E-state index is 10.5. The molecule has 0 bridgehead atoms. The summed E-state index contributed by atoms with van der Waals surface area (Å²) in [4.78, 5) is 20.9. The molecule has 0 saturated carbocycles. The first-order chi connectivity index (χ1) is 7.54. The van der Waals surface area contributed by atoms with Crippen LogP contribution >= 0.6 is 0 Å². The fourth-order valence-electron chi connectivity index (χ4n) is 0.856. The Bertz CT molecular complexity index is 331. The molecular weight excluding hydrogens is 212 g/mol. The molecule has 1 aromatic rings. The normalized spacial score (nSPS) is 8.88. The molecule has 0 amide bonds. The Morgan fingerprint density at radius 2 is 1.25 bits per heavy atom. The van der Waals surface area contributed by atoms with E-state index in [2.05, 4.69) is 0 Å². The van der Waals surface area contributed by atoms with Crippen molar-refractivity contribution in [3.63, 3.8) is 0 Å². The zero-order valence-electron chi connectivity index (χ0n) is 8.59. The number of carbonyl (C=O) groups is 2. The molecule has 0 spiro atoms. The van der Waals surface area contributed by atoms with E-state index in [-0.39, 0.29) is 11.1 Å². The molecule has 0 radical (unpaired) electrons. The van der Waals surface area contributed by atoms with Crippen LogP contribution in [0.4, 0.5) is 0 Å². The molecule has 0 heterocycles. The standard InChI is InChI=1S/C8H6O4.C2H8N2/c9-7(10)5-3-1-2-4-6(5)8(11)12;3-1-2-4/h1-4H,(H,9,10)(H,11,12);1-4H2. The van der Waals surface area contributed by atoms with Gasteiger partial charge >= 0.3 is 11.9 Å². The fourth-order valence-corrected chi connectivity index (χ4v) is 0.856. The predicted octanol–water partition coefficient (Wildman–Crippen LogP) is -0.0132. The van der Waals surface area contributed by atoms with Gasteiger partial charge in [0, 0.05) is 13.1 Å². The third kappa shape index (κ3) is 4.54. The highest BCUT2D eigenvalue weighted by Gasteiger charge is 2.13. The number of aromatic carboxylic acids is 2. The molecule has 0 saturated heterocycles. The highest BCUT2D eigenvalue weighted by atomic mass is 16.4. The molecular formula is C10H14N2O4. The second-order valence-corrected chi connectivity index (χ2v) is 2.73. The summed E-state index contributed by atoms with van der Waals surface area (Å²) < 4.78 is 0. The SMILES string of the molecule is NCCN.O=C(O)c1ccccc1C(=O)O. The number of benzene rings is 1. The zero-order valence-corrected chi connectivity index (χ0v) is 8.59. The molecule has 0 fully saturated rings. The Balaban J connectivity index is 0.000000487. The molecule has 0 atom stereocenters. The van der Waals surface area contributed by atoms with Crippen LogP contribution < -0.4 is 11.5 Å². The maximum Gasteiger partial charge on any atom is 0.336 e. The Labute approximate surface area is 92.5 Å². The molecule has 0 aliphatic carbocycles. The summed E-state index contributed by atoms with van der Waals surface area (Å²) in [6, 6.07) is 5.48. The van der Waals surface area contributed by atoms with E-state index >= 15 is 0 Å². The van der Waals surface area contributed by atoms with Crippen molar-refractivity contribution in [3.8, 4) is 0 Å². The van der Waals surface area contributed by atoms with Crippen LogP contribution in [0.25, 0.3) is 0 Å². The lowest BCUT2D eigenvalue weighted by Gasteiger charge is -1.98. The van der Waals surface area contributed by atoms with Crippen molar-refractivity contribution >= 4 is 11.9 Å². The van der Waals surface area contributed by atoms with E-state index < -0.39 is 11.9 Å². The molecule has 1 rings (SSSR count). The van der Waals surface area contributed by atoms with Crippen molar-refractivity contribution in [2.45, 2.75) is 0 Å². The van der Waals surface area contributed by atoms with Crippen LogP contribution in [0.1, 0.15) is 20.7 Å². The number of nitrogens with two attached hydrogens (primary N) is 2. The van der Waals surface area contributed by atoms with Crippen molar-refractivity contribution in [2.24, 2.45) is 11.5 Å². The van der Waals surface area contributed by atoms with E-state index in [9.17, 15) is 9.59 Å². The van der Waals surface area contributed by atoms with E-state index in [0.29, 0.717) is 13.1 Å². The first-order valence-corrected chi connectivity index (χ1v) is 4.50. The van der Waals surface area contributed by atoms with Gasteiger partial charge in [0.15, 0.2) is 0 Å². The van der Waals surface area contributed by atoms with Crippen LogP contribution in [0, 0.1) is 0 Å². The quantitative estimate of drug-likeness (QED) is 0.574. The minimum Gasteiger partial charge on any atom is -0.478 e. The second-order valence-electron chi connectivity index (χ2n) is 2.73. The van der Waals surface area contributed by atoms with Crippen LogP contribution in [0.3, 0.4) is 0 Å². The maximum atomic E-state index is 10.5. The molecule has 6 nitrogen and oxygen atoms in total. The summed E-state index contributed by atoms with van der Waals surface area (Å²) >= 11 is 0. The van der Waals surface area contributed by atoms with Crippen LogP contribution in [-0.2, 0) is 0 Å². The average molecular weight is 226 g/mol. The lowest BCUT2D eigenvalue weighted by molar-refractivity contribution is 0.0651. The Kier molecular flexibility index (Phi) is 6.50. The van der Waals surface area contributed by atoms with Gasteiger partial charge in [0.05, 0.1) is 11.1 Å². The van der Waals surface area contributed by atoms with E-state index in [1.165, 1.54) is 24.3 Å². The van der Waals surface area contributed by atoms with Crippen molar-refractivity contribution in [2.75, 3.05) is 13.1 Å². The predicted molar refractivity (Wildman–Crippen MR) is 58.5 cm³/mol. The number of carboxylic acids is 2. The monoisotopic (exact) mass is 226 g/mol.